The van der Waals surface area contributed by atoms with E-state index in [2.05, 4.69) is 10.3 Å². The van der Waals surface area contributed by atoms with Gasteiger partial charge in [0.25, 0.3) is 0 Å². The number of hydrogen-bond donors (Lipinski definition) is 2. The van der Waals surface area contributed by atoms with Crippen molar-refractivity contribution in [3.63, 3.8) is 0 Å². The summed E-state index contributed by atoms with van der Waals surface area (Å²) in [4.78, 5) is 16.1. The van der Waals surface area contributed by atoms with Crippen molar-refractivity contribution in [2.75, 3.05) is 39.6 Å². The highest BCUT2D eigenvalue weighted by molar-refractivity contribution is 5.68. The smallest absolute Gasteiger partial charge is 0.407 e. The zero-order valence-electron chi connectivity index (χ0n) is 16.7. The van der Waals surface area contributed by atoms with Gasteiger partial charge in [0.1, 0.15) is 18.0 Å². The van der Waals surface area contributed by atoms with E-state index in [-0.39, 0.29) is 6.61 Å². The van der Waals surface area contributed by atoms with Gasteiger partial charge in [0.15, 0.2) is 0 Å². The highest BCUT2D eigenvalue weighted by Crippen LogP contribution is 2.11. The Bertz CT molecular complexity index is 530. The number of pyridine rings is 1. The molecule has 0 aliphatic heterocycles. The number of carbonyl (C=O) groups is 1. The maximum Gasteiger partial charge on any atom is 0.407 e. The number of nitrogens with one attached hydrogen (secondary N) is 1. The number of aliphatic hydroxyl groups is 1. The molecule has 0 aliphatic carbocycles. The molecule has 1 atom stereocenters. The fraction of sp³-hybridized carbons (Fsp3) is 0.684. The molecule has 1 heterocycles. The van der Waals surface area contributed by atoms with Crippen molar-refractivity contribution < 1.29 is 28.8 Å². The second-order valence-corrected chi connectivity index (χ2v) is 6.87. The van der Waals surface area contributed by atoms with Crippen LogP contribution in [0.15, 0.2) is 18.3 Å². The average molecular weight is 384 g/mol. The zero-order chi connectivity index (χ0) is 20.1. The van der Waals surface area contributed by atoms with Gasteiger partial charge in [-0.2, -0.15) is 0 Å². The predicted molar refractivity (Wildman–Crippen MR) is 101 cm³/mol. The summed E-state index contributed by atoms with van der Waals surface area (Å²) in [5.41, 5.74) is 0.138. The van der Waals surface area contributed by atoms with Crippen LogP contribution in [0.1, 0.15) is 33.4 Å². The van der Waals surface area contributed by atoms with Crippen LogP contribution in [-0.2, 0) is 20.6 Å². The van der Waals surface area contributed by atoms with Crippen LogP contribution in [0.2, 0.25) is 0 Å². The molecular formula is C19H32N2O6. The molecule has 0 aliphatic rings. The number of alkyl carbamates (subject to hydrolysis) is 1. The van der Waals surface area contributed by atoms with E-state index >= 15 is 0 Å². The Kier molecular flexibility index (Phi) is 10.7. The fourth-order valence-corrected chi connectivity index (χ4v) is 2.09. The second-order valence-electron chi connectivity index (χ2n) is 6.87. The zero-order valence-corrected chi connectivity index (χ0v) is 16.7. The van der Waals surface area contributed by atoms with Crippen molar-refractivity contribution in [2.24, 2.45) is 0 Å². The molecule has 1 rings (SSSR count). The maximum atomic E-state index is 11.8. The first-order valence-electron chi connectivity index (χ1n) is 9.17. The van der Waals surface area contributed by atoms with E-state index in [1.165, 1.54) is 0 Å². The molecule has 8 nitrogen and oxygen atoms in total. The van der Waals surface area contributed by atoms with Crippen molar-refractivity contribution in [3.05, 3.63) is 24.0 Å². The number of hydrogen-bond acceptors (Lipinski definition) is 7. The van der Waals surface area contributed by atoms with Crippen molar-refractivity contribution in [1.29, 1.82) is 0 Å². The van der Waals surface area contributed by atoms with E-state index in [0.29, 0.717) is 45.2 Å². The molecule has 2 N–H and O–H groups in total. The topological polar surface area (TPSA) is 99.1 Å². The first-order chi connectivity index (χ1) is 12.8. The number of ether oxygens (including phenoxy) is 4. The summed E-state index contributed by atoms with van der Waals surface area (Å²) in [5.74, 6) is 0.632. The van der Waals surface area contributed by atoms with Gasteiger partial charge < -0.3 is 29.4 Å². The third-order valence-corrected chi connectivity index (χ3v) is 3.27. The van der Waals surface area contributed by atoms with Gasteiger partial charge in [0.05, 0.1) is 38.7 Å². The van der Waals surface area contributed by atoms with Gasteiger partial charge in [-0.3, -0.25) is 4.98 Å². The molecule has 0 saturated heterocycles. The monoisotopic (exact) mass is 384 g/mol. The van der Waals surface area contributed by atoms with Gasteiger partial charge in [-0.15, -0.1) is 0 Å². The number of nitrogens with zero attached hydrogens (tertiary/aromatic N) is 1. The molecule has 0 spiro atoms. The van der Waals surface area contributed by atoms with E-state index in [1.54, 1.807) is 39.1 Å². The number of amides is 1. The Morgan fingerprint density at radius 1 is 1.19 bits per heavy atom. The Morgan fingerprint density at radius 2 is 1.89 bits per heavy atom. The van der Waals surface area contributed by atoms with Crippen LogP contribution in [0.3, 0.4) is 0 Å². The lowest BCUT2D eigenvalue weighted by atomic mass is 10.1. The summed E-state index contributed by atoms with van der Waals surface area (Å²) in [7, 11) is 0. The molecular weight excluding hydrogens is 352 g/mol. The molecule has 0 bridgehead atoms. The van der Waals surface area contributed by atoms with Crippen molar-refractivity contribution in [1.82, 2.24) is 10.3 Å². The standard InChI is InChI=1S/C19H32N2O6/c1-5-24-8-9-25-10-11-26-17-7-6-15(20-13-17)12-16(14-22)21-18(23)27-19(2,3)4/h6-7,13,16,22H,5,8-12,14H2,1-4H3,(H,21,23)/t16-/m0/s1. The molecule has 154 valence electrons. The van der Waals surface area contributed by atoms with E-state index in [1.807, 2.05) is 6.92 Å². The van der Waals surface area contributed by atoms with Gasteiger partial charge >= 0.3 is 6.09 Å². The number of aliphatic hydroxyl groups excluding tert-OH is 1. The average Bonchev–Trinajstić information content (AvgIpc) is 2.60. The normalized spacial score (nSPS) is 12.5. The Labute approximate surface area is 161 Å². The Balaban J connectivity index is 2.34. The highest BCUT2D eigenvalue weighted by Gasteiger charge is 2.19. The van der Waals surface area contributed by atoms with E-state index in [0.717, 1.165) is 5.69 Å². The molecule has 0 fully saturated rings. The SMILES string of the molecule is CCOCCOCCOc1ccc(C[C@@H](CO)NC(=O)OC(C)(C)C)nc1. The van der Waals surface area contributed by atoms with Crippen LogP contribution in [0.4, 0.5) is 4.79 Å². The third-order valence-electron chi connectivity index (χ3n) is 3.27. The molecule has 1 aromatic heterocycles. The van der Waals surface area contributed by atoms with Crippen LogP contribution < -0.4 is 10.1 Å². The molecule has 1 aromatic rings. The quantitative estimate of drug-likeness (QED) is 0.531. The minimum Gasteiger partial charge on any atom is -0.490 e. The largest absolute Gasteiger partial charge is 0.490 e. The lowest BCUT2D eigenvalue weighted by Gasteiger charge is -2.22. The molecule has 27 heavy (non-hydrogen) atoms. The Hall–Kier alpha value is -1.90. The van der Waals surface area contributed by atoms with Gasteiger partial charge in [0.2, 0.25) is 0 Å². The van der Waals surface area contributed by atoms with Gasteiger partial charge in [-0.1, -0.05) is 0 Å². The number of rotatable bonds is 12. The fourth-order valence-electron chi connectivity index (χ4n) is 2.09. The first-order valence-corrected chi connectivity index (χ1v) is 9.17. The predicted octanol–water partition coefficient (Wildman–Crippen LogP) is 1.94. The highest BCUT2D eigenvalue weighted by atomic mass is 16.6. The number of carbonyl (C=O) groups excluding carboxylic acids is 1. The van der Waals surface area contributed by atoms with Crippen molar-refractivity contribution >= 4 is 6.09 Å². The van der Waals surface area contributed by atoms with Crippen molar-refractivity contribution in [2.45, 2.75) is 45.8 Å². The van der Waals surface area contributed by atoms with E-state index in [4.69, 9.17) is 18.9 Å². The van der Waals surface area contributed by atoms with Crippen LogP contribution in [0.5, 0.6) is 5.75 Å². The lowest BCUT2D eigenvalue weighted by molar-refractivity contribution is 0.0404. The summed E-state index contributed by atoms with van der Waals surface area (Å²) in [6, 6.07) is 3.12. The maximum absolute atomic E-state index is 11.8. The van der Waals surface area contributed by atoms with Crippen molar-refractivity contribution in [3.8, 4) is 5.75 Å². The Morgan fingerprint density at radius 3 is 2.48 bits per heavy atom. The molecule has 0 radical (unpaired) electrons. The molecule has 8 heteroatoms. The van der Waals surface area contributed by atoms with Gasteiger partial charge in [0, 0.05) is 18.7 Å². The molecule has 0 saturated carbocycles. The van der Waals surface area contributed by atoms with E-state index < -0.39 is 17.7 Å². The summed E-state index contributed by atoms with van der Waals surface area (Å²) in [5, 5.41) is 12.1. The minimum atomic E-state index is -0.589. The number of aromatic nitrogens is 1. The van der Waals surface area contributed by atoms with Gasteiger partial charge in [-0.25, -0.2) is 4.79 Å². The third kappa shape index (κ3) is 11.4. The summed E-state index contributed by atoms with van der Waals surface area (Å²) >= 11 is 0. The van der Waals surface area contributed by atoms with Crippen LogP contribution >= 0.6 is 0 Å². The van der Waals surface area contributed by atoms with Crippen LogP contribution in [0, 0.1) is 0 Å². The first kappa shape index (κ1) is 23.1. The van der Waals surface area contributed by atoms with Crippen LogP contribution in [0.25, 0.3) is 0 Å². The lowest BCUT2D eigenvalue weighted by Crippen LogP contribution is -2.42. The molecule has 0 aromatic carbocycles. The van der Waals surface area contributed by atoms with Crippen LogP contribution in [-0.4, -0.2) is 67.5 Å². The second kappa shape index (κ2) is 12.5. The summed E-state index contributed by atoms with van der Waals surface area (Å²) in [6.45, 7) is 9.78. The summed E-state index contributed by atoms with van der Waals surface area (Å²) < 4.78 is 21.3. The minimum absolute atomic E-state index is 0.210. The van der Waals surface area contributed by atoms with Gasteiger partial charge in [-0.05, 0) is 39.8 Å². The summed E-state index contributed by atoms with van der Waals surface area (Å²) in [6.07, 6.45) is 1.43. The van der Waals surface area contributed by atoms with E-state index in [9.17, 15) is 9.90 Å². The molecule has 1 amide bonds. The molecule has 0 unspecified atom stereocenters.